The minimum atomic E-state index is 0.467. The van der Waals surface area contributed by atoms with E-state index in [2.05, 4.69) is 29.1 Å². The molecule has 0 aliphatic rings. The Labute approximate surface area is 118 Å². The Bertz CT molecular complexity index is 565. The molecule has 0 aliphatic carbocycles. The Morgan fingerprint density at radius 1 is 1.25 bits per heavy atom. The van der Waals surface area contributed by atoms with Crippen LogP contribution < -0.4 is 9.47 Å². The average molecular weight is 274 g/mol. The molecule has 106 valence electrons. The SMILES string of the molecule is COc1cc(/C=N/n2cnnc2)ccc1OCC(C)C. The van der Waals surface area contributed by atoms with Crippen LogP contribution in [0.4, 0.5) is 0 Å². The molecule has 0 saturated carbocycles. The van der Waals surface area contributed by atoms with E-state index < -0.39 is 0 Å². The van der Waals surface area contributed by atoms with Crippen LogP contribution in [0.1, 0.15) is 19.4 Å². The Balaban J connectivity index is 2.12. The third-order valence-electron chi connectivity index (χ3n) is 2.51. The lowest BCUT2D eigenvalue weighted by Gasteiger charge is -2.12. The summed E-state index contributed by atoms with van der Waals surface area (Å²) in [5.74, 6) is 1.90. The van der Waals surface area contributed by atoms with Gasteiger partial charge in [-0.05, 0) is 29.7 Å². The normalized spacial score (nSPS) is 11.2. The fourth-order valence-corrected chi connectivity index (χ4v) is 1.53. The highest BCUT2D eigenvalue weighted by Crippen LogP contribution is 2.27. The van der Waals surface area contributed by atoms with E-state index in [1.54, 1.807) is 13.3 Å². The Hall–Kier alpha value is -2.37. The van der Waals surface area contributed by atoms with Crippen LogP contribution in [-0.2, 0) is 0 Å². The van der Waals surface area contributed by atoms with Crippen LogP contribution in [0.25, 0.3) is 0 Å². The van der Waals surface area contributed by atoms with Crippen molar-refractivity contribution in [2.75, 3.05) is 13.7 Å². The van der Waals surface area contributed by atoms with Crippen LogP contribution in [0.5, 0.6) is 11.5 Å². The largest absolute Gasteiger partial charge is 0.493 e. The van der Waals surface area contributed by atoms with Crippen molar-refractivity contribution >= 4 is 6.21 Å². The van der Waals surface area contributed by atoms with Gasteiger partial charge in [-0.15, -0.1) is 10.2 Å². The number of rotatable bonds is 6. The maximum atomic E-state index is 5.70. The summed E-state index contributed by atoms with van der Waals surface area (Å²) in [7, 11) is 1.62. The molecular weight excluding hydrogens is 256 g/mol. The molecule has 1 aromatic heterocycles. The van der Waals surface area contributed by atoms with Crippen molar-refractivity contribution in [2.45, 2.75) is 13.8 Å². The molecule has 6 nitrogen and oxygen atoms in total. The van der Waals surface area contributed by atoms with Crippen molar-refractivity contribution < 1.29 is 9.47 Å². The fraction of sp³-hybridized carbons (Fsp3) is 0.357. The smallest absolute Gasteiger partial charge is 0.161 e. The van der Waals surface area contributed by atoms with Gasteiger partial charge in [0.05, 0.1) is 19.9 Å². The summed E-state index contributed by atoms with van der Waals surface area (Å²) in [5.41, 5.74) is 0.910. The molecule has 2 aromatic rings. The van der Waals surface area contributed by atoms with E-state index >= 15 is 0 Å². The molecule has 2 rings (SSSR count). The topological polar surface area (TPSA) is 61.5 Å². The highest BCUT2D eigenvalue weighted by molar-refractivity contribution is 5.80. The molecule has 1 heterocycles. The van der Waals surface area contributed by atoms with Crippen molar-refractivity contribution in [3.8, 4) is 11.5 Å². The molecule has 0 N–H and O–H groups in total. The van der Waals surface area contributed by atoms with Crippen LogP contribution >= 0.6 is 0 Å². The van der Waals surface area contributed by atoms with Crippen molar-refractivity contribution in [3.63, 3.8) is 0 Å². The van der Waals surface area contributed by atoms with E-state index in [0.717, 1.165) is 11.3 Å². The third-order valence-corrected chi connectivity index (χ3v) is 2.51. The lowest BCUT2D eigenvalue weighted by molar-refractivity contribution is 0.257. The summed E-state index contributed by atoms with van der Waals surface area (Å²) >= 11 is 0. The standard InChI is InChI=1S/C14H18N4O2/c1-11(2)8-20-13-5-4-12(6-14(13)19-3)7-17-18-9-15-16-10-18/h4-7,9-11H,8H2,1-3H3/b17-7+. The second kappa shape index (κ2) is 6.70. The molecule has 0 saturated heterocycles. The van der Waals surface area contributed by atoms with Gasteiger partial charge in [-0.1, -0.05) is 13.8 Å². The summed E-state index contributed by atoms with van der Waals surface area (Å²) in [6, 6.07) is 5.68. The van der Waals surface area contributed by atoms with Crippen molar-refractivity contribution in [1.82, 2.24) is 14.9 Å². The summed E-state index contributed by atoms with van der Waals surface area (Å²) < 4.78 is 12.6. The number of aromatic nitrogens is 3. The van der Waals surface area contributed by atoms with Gasteiger partial charge in [0.15, 0.2) is 11.5 Å². The van der Waals surface area contributed by atoms with Gasteiger partial charge in [0.2, 0.25) is 0 Å². The Morgan fingerprint density at radius 2 is 2.00 bits per heavy atom. The number of hydrogen-bond donors (Lipinski definition) is 0. The van der Waals surface area contributed by atoms with Gasteiger partial charge in [-0.3, -0.25) is 0 Å². The molecule has 20 heavy (non-hydrogen) atoms. The van der Waals surface area contributed by atoms with Crippen LogP contribution in [0.15, 0.2) is 36.0 Å². The van der Waals surface area contributed by atoms with Gasteiger partial charge in [0, 0.05) is 0 Å². The molecule has 0 radical (unpaired) electrons. The number of nitrogens with zero attached hydrogens (tertiary/aromatic N) is 4. The Kier molecular flexibility index (Phi) is 4.70. The first-order chi connectivity index (χ1) is 9.69. The van der Waals surface area contributed by atoms with Gasteiger partial charge >= 0.3 is 0 Å². The summed E-state index contributed by atoms with van der Waals surface area (Å²) in [5, 5.41) is 11.5. The minimum absolute atomic E-state index is 0.467. The zero-order chi connectivity index (χ0) is 14.4. The van der Waals surface area contributed by atoms with Crippen molar-refractivity contribution in [2.24, 2.45) is 11.0 Å². The molecule has 1 aromatic carbocycles. The number of hydrogen-bond acceptors (Lipinski definition) is 5. The molecule has 0 bridgehead atoms. The number of benzene rings is 1. The van der Waals surface area contributed by atoms with Crippen LogP contribution in [0, 0.1) is 5.92 Å². The van der Waals surface area contributed by atoms with Crippen LogP contribution in [0.2, 0.25) is 0 Å². The zero-order valence-electron chi connectivity index (χ0n) is 11.9. The van der Waals surface area contributed by atoms with E-state index in [-0.39, 0.29) is 0 Å². The molecule has 0 unspecified atom stereocenters. The summed E-state index contributed by atoms with van der Waals surface area (Å²) in [4.78, 5) is 0. The minimum Gasteiger partial charge on any atom is -0.493 e. The number of methoxy groups -OCH3 is 1. The first kappa shape index (κ1) is 14.0. The van der Waals surface area contributed by atoms with E-state index in [4.69, 9.17) is 9.47 Å². The first-order valence-corrected chi connectivity index (χ1v) is 6.39. The molecule has 0 spiro atoms. The van der Waals surface area contributed by atoms with Gasteiger partial charge in [-0.25, -0.2) is 4.68 Å². The van der Waals surface area contributed by atoms with Gasteiger partial charge in [0.1, 0.15) is 12.7 Å². The van der Waals surface area contributed by atoms with Crippen molar-refractivity contribution in [3.05, 3.63) is 36.4 Å². The van der Waals surface area contributed by atoms with E-state index in [1.165, 1.54) is 17.3 Å². The Morgan fingerprint density at radius 3 is 2.65 bits per heavy atom. The molecule has 0 atom stereocenters. The highest BCUT2D eigenvalue weighted by Gasteiger charge is 2.06. The van der Waals surface area contributed by atoms with Gasteiger partial charge in [0.25, 0.3) is 0 Å². The maximum Gasteiger partial charge on any atom is 0.161 e. The monoisotopic (exact) mass is 274 g/mol. The summed E-state index contributed by atoms with van der Waals surface area (Å²) in [6.45, 7) is 4.86. The molecule has 0 aliphatic heterocycles. The van der Waals surface area contributed by atoms with Gasteiger partial charge < -0.3 is 9.47 Å². The second-order valence-corrected chi connectivity index (χ2v) is 4.70. The molecule has 6 heteroatoms. The fourth-order valence-electron chi connectivity index (χ4n) is 1.53. The lowest BCUT2D eigenvalue weighted by Crippen LogP contribution is -2.05. The van der Waals surface area contributed by atoms with Crippen LogP contribution in [-0.4, -0.2) is 34.8 Å². The molecular formula is C14H18N4O2. The maximum absolute atomic E-state index is 5.70. The predicted octanol–water partition coefficient (Wildman–Crippen LogP) is 2.20. The molecule has 0 fully saturated rings. The molecule has 0 amide bonds. The highest BCUT2D eigenvalue weighted by atomic mass is 16.5. The first-order valence-electron chi connectivity index (χ1n) is 6.39. The van der Waals surface area contributed by atoms with Gasteiger partial charge in [-0.2, -0.15) is 5.10 Å². The third kappa shape index (κ3) is 3.81. The predicted molar refractivity (Wildman–Crippen MR) is 76.3 cm³/mol. The van der Waals surface area contributed by atoms with E-state index in [0.29, 0.717) is 18.3 Å². The average Bonchev–Trinajstić information content (AvgIpc) is 2.96. The second-order valence-electron chi connectivity index (χ2n) is 4.70. The zero-order valence-corrected chi connectivity index (χ0v) is 11.9. The van der Waals surface area contributed by atoms with Crippen LogP contribution in [0.3, 0.4) is 0 Å². The quantitative estimate of drug-likeness (QED) is 0.758. The van der Waals surface area contributed by atoms with Crippen molar-refractivity contribution in [1.29, 1.82) is 0 Å². The van der Waals surface area contributed by atoms with E-state index in [9.17, 15) is 0 Å². The summed E-state index contributed by atoms with van der Waals surface area (Å²) in [6.07, 6.45) is 4.75. The number of ether oxygens (including phenoxy) is 2. The lowest BCUT2D eigenvalue weighted by atomic mass is 10.2. The van der Waals surface area contributed by atoms with E-state index in [1.807, 2.05) is 18.2 Å².